The van der Waals surface area contributed by atoms with Crippen LogP contribution in [-0.2, 0) is 7.05 Å². The zero-order valence-corrected chi connectivity index (χ0v) is 13.9. The summed E-state index contributed by atoms with van der Waals surface area (Å²) < 4.78 is 28.4. The molecular weight excluding hydrogens is 314 g/mol. The van der Waals surface area contributed by atoms with E-state index in [0.29, 0.717) is 11.3 Å². The Hall–Kier alpha value is -2.28. The second-order valence-corrected chi connectivity index (χ2v) is 6.26. The Morgan fingerprint density at radius 3 is 2.62 bits per heavy atom. The summed E-state index contributed by atoms with van der Waals surface area (Å²) in [6.45, 7) is 2.63. The van der Waals surface area contributed by atoms with Crippen molar-refractivity contribution < 1.29 is 13.6 Å². The molecule has 3 rings (SSSR count). The maximum absolute atomic E-state index is 13.6. The highest BCUT2D eigenvalue weighted by atomic mass is 19.2. The number of halogens is 2. The minimum atomic E-state index is -0.877. The van der Waals surface area contributed by atoms with E-state index in [2.05, 4.69) is 10.4 Å². The van der Waals surface area contributed by atoms with Crippen molar-refractivity contribution in [2.75, 3.05) is 13.6 Å². The van der Waals surface area contributed by atoms with Gasteiger partial charge in [0.2, 0.25) is 0 Å². The number of aromatic nitrogens is 2. The Kier molecular flexibility index (Phi) is 4.36. The lowest BCUT2D eigenvalue weighted by atomic mass is 9.99. The smallest absolute Gasteiger partial charge is 0.272 e. The SMILES string of the molecule is Cc1cc(C(=O)N[C@H]2CCN(C)[C@H]2c2ccc(F)c(F)c2)nn1C. The predicted molar refractivity (Wildman–Crippen MR) is 85.5 cm³/mol. The Balaban J connectivity index is 1.81. The Labute approximate surface area is 139 Å². The molecule has 5 nitrogen and oxygen atoms in total. The molecule has 0 radical (unpaired) electrons. The predicted octanol–water partition coefficient (Wildman–Crippen LogP) is 2.18. The topological polar surface area (TPSA) is 50.2 Å². The van der Waals surface area contributed by atoms with Crippen LogP contribution in [0.15, 0.2) is 24.3 Å². The number of rotatable bonds is 3. The first kappa shape index (κ1) is 16.6. The third-order valence-corrected chi connectivity index (χ3v) is 4.60. The van der Waals surface area contributed by atoms with Crippen molar-refractivity contribution in [1.82, 2.24) is 20.0 Å². The summed E-state index contributed by atoms with van der Waals surface area (Å²) in [6.07, 6.45) is 0.734. The molecule has 1 saturated heterocycles. The average Bonchev–Trinajstić information content (AvgIpc) is 3.06. The molecule has 0 unspecified atom stereocenters. The minimum absolute atomic E-state index is 0.185. The first-order chi connectivity index (χ1) is 11.4. The lowest BCUT2D eigenvalue weighted by Gasteiger charge is -2.26. The van der Waals surface area contributed by atoms with Gasteiger partial charge in [0.1, 0.15) is 5.69 Å². The molecule has 2 aromatic rings. The fourth-order valence-corrected chi connectivity index (χ4v) is 3.20. The van der Waals surface area contributed by atoms with Gasteiger partial charge in [-0.25, -0.2) is 8.78 Å². The van der Waals surface area contributed by atoms with Crippen LogP contribution in [-0.4, -0.2) is 40.2 Å². The Bertz CT molecular complexity index is 754. The second-order valence-electron chi connectivity index (χ2n) is 6.26. The van der Waals surface area contributed by atoms with Crippen LogP contribution in [0, 0.1) is 18.6 Å². The van der Waals surface area contributed by atoms with Crippen LogP contribution in [0.25, 0.3) is 0 Å². The van der Waals surface area contributed by atoms with E-state index in [4.69, 9.17) is 0 Å². The lowest BCUT2D eigenvalue weighted by Crippen LogP contribution is -2.39. The maximum atomic E-state index is 13.6. The molecule has 2 heterocycles. The van der Waals surface area contributed by atoms with Crippen molar-refractivity contribution in [1.29, 1.82) is 0 Å². The summed E-state index contributed by atoms with van der Waals surface area (Å²) in [5.74, 6) is -2.01. The van der Waals surface area contributed by atoms with Crippen molar-refractivity contribution in [3.63, 3.8) is 0 Å². The van der Waals surface area contributed by atoms with Gasteiger partial charge in [-0.1, -0.05) is 6.07 Å². The fraction of sp³-hybridized carbons (Fsp3) is 0.412. The van der Waals surface area contributed by atoms with E-state index < -0.39 is 11.6 Å². The van der Waals surface area contributed by atoms with Gasteiger partial charge in [0.25, 0.3) is 5.91 Å². The van der Waals surface area contributed by atoms with Gasteiger partial charge in [-0.3, -0.25) is 14.4 Å². The molecule has 1 N–H and O–H groups in total. The summed E-state index contributed by atoms with van der Waals surface area (Å²) in [5, 5.41) is 7.15. The third kappa shape index (κ3) is 3.03. The molecule has 1 amide bonds. The molecule has 0 bridgehead atoms. The van der Waals surface area contributed by atoms with Crippen molar-refractivity contribution in [3.8, 4) is 0 Å². The van der Waals surface area contributed by atoms with Gasteiger partial charge in [0, 0.05) is 19.3 Å². The number of likely N-dealkylation sites (N-methyl/N-ethyl adjacent to an activating group) is 1. The number of amides is 1. The van der Waals surface area contributed by atoms with E-state index in [0.717, 1.165) is 24.7 Å². The van der Waals surface area contributed by atoms with Crippen LogP contribution in [0.4, 0.5) is 8.78 Å². The van der Waals surface area contributed by atoms with E-state index in [1.165, 1.54) is 6.07 Å². The first-order valence-corrected chi connectivity index (χ1v) is 7.83. The maximum Gasteiger partial charge on any atom is 0.272 e. The van der Waals surface area contributed by atoms with Crippen LogP contribution in [0.1, 0.15) is 34.2 Å². The van der Waals surface area contributed by atoms with Gasteiger partial charge in [0.15, 0.2) is 11.6 Å². The molecule has 2 atom stereocenters. The molecule has 1 aromatic heterocycles. The molecule has 7 heteroatoms. The van der Waals surface area contributed by atoms with E-state index in [9.17, 15) is 13.6 Å². The number of nitrogens with one attached hydrogen (secondary N) is 1. The van der Waals surface area contributed by atoms with Crippen LogP contribution < -0.4 is 5.32 Å². The summed E-state index contributed by atoms with van der Waals surface area (Å²) in [5.41, 5.74) is 1.89. The molecule has 128 valence electrons. The van der Waals surface area contributed by atoms with Crippen LogP contribution >= 0.6 is 0 Å². The van der Waals surface area contributed by atoms with E-state index in [1.54, 1.807) is 23.9 Å². The molecule has 24 heavy (non-hydrogen) atoms. The van der Waals surface area contributed by atoms with Crippen LogP contribution in [0.5, 0.6) is 0 Å². The molecule has 0 saturated carbocycles. The summed E-state index contributed by atoms with van der Waals surface area (Å²) in [6, 6.07) is 5.22. The highest BCUT2D eigenvalue weighted by Gasteiger charge is 2.35. The van der Waals surface area contributed by atoms with Crippen molar-refractivity contribution >= 4 is 5.91 Å². The highest BCUT2D eigenvalue weighted by molar-refractivity contribution is 5.92. The normalized spacial score (nSPS) is 21.2. The fourth-order valence-electron chi connectivity index (χ4n) is 3.20. The number of nitrogens with zero attached hydrogens (tertiary/aromatic N) is 3. The molecule has 0 spiro atoms. The van der Waals surface area contributed by atoms with Gasteiger partial charge in [-0.15, -0.1) is 0 Å². The van der Waals surface area contributed by atoms with Gasteiger partial charge in [-0.05, 0) is 44.2 Å². The number of carbonyl (C=O) groups is 1. The number of benzene rings is 1. The zero-order chi connectivity index (χ0) is 17.4. The number of carbonyl (C=O) groups excluding carboxylic acids is 1. The summed E-state index contributed by atoms with van der Waals surface area (Å²) in [7, 11) is 3.68. The summed E-state index contributed by atoms with van der Waals surface area (Å²) >= 11 is 0. The number of hydrogen-bond acceptors (Lipinski definition) is 3. The molecule has 1 aliphatic heterocycles. The highest BCUT2D eigenvalue weighted by Crippen LogP contribution is 2.31. The number of hydrogen-bond donors (Lipinski definition) is 1. The monoisotopic (exact) mass is 334 g/mol. The van der Waals surface area contributed by atoms with Gasteiger partial charge in [-0.2, -0.15) is 5.10 Å². The molecular formula is C17H20F2N4O. The largest absolute Gasteiger partial charge is 0.346 e. The molecule has 1 fully saturated rings. The van der Waals surface area contributed by atoms with Gasteiger partial charge < -0.3 is 5.32 Å². The van der Waals surface area contributed by atoms with Gasteiger partial charge >= 0.3 is 0 Å². The Morgan fingerprint density at radius 2 is 2.00 bits per heavy atom. The Morgan fingerprint density at radius 1 is 1.25 bits per heavy atom. The zero-order valence-electron chi connectivity index (χ0n) is 13.9. The second kappa shape index (κ2) is 6.32. The summed E-state index contributed by atoms with van der Waals surface area (Å²) in [4.78, 5) is 14.5. The lowest BCUT2D eigenvalue weighted by molar-refractivity contribution is 0.0922. The minimum Gasteiger partial charge on any atom is -0.346 e. The molecule has 1 aliphatic rings. The molecule has 0 aliphatic carbocycles. The average molecular weight is 334 g/mol. The van der Waals surface area contributed by atoms with Crippen LogP contribution in [0.2, 0.25) is 0 Å². The quantitative estimate of drug-likeness (QED) is 0.936. The van der Waals surface area contributed by atoms with Crippen LogP contribution in [0.3, 0.4) is 0 Å². The van der Waals surface area contributed by atoms with E-state index in [-0.39, 0.29) is 18.0 Å². The molecule has 1 aromatic carbocycles. The standard InChI is InChI=1S/C17H20F2N4O/c1-10-8-15(21-23(10)3)17(24)20-14-6-7-22(2)16(14)11-4-5-12(18)13(19)9-11/h4-5,8-9,14,16H,6-7H2,1-3H3,(H,20,24)/t14-,16-/m0/s1. The van der Waals surface area contributed by atoms with E-state index >= 15 is 0 Å². The van der Waals surface area contributed by atoms with Crippen molar-refractivity contribution in [2.45, 2.75) is 25.4 Å². The third-order valence-electron chi connectivity index (χ3n) is 4.60. The number of aryl methyl sites for hydroxylation is 2. The van der Waals surface area contributed by atoms with Gasteiger partial charge in [0.05, 0.1) is 12.1 Å². The van der Waals surface area contributed by atoms with Crippen molar-refractivity contribution in [3.05, 3.63) is 52.9 Å². The first-order valence-electron chi connectivity index (χ1n) is 7.83. The van der Waals surface area contributed by atoms with Crippen molar-refractivity contribution in [2.24, 2.45) is 7.05 Å². The number of likely N-dealkylation sites (tertiary alicyclic amines) is 1. The van der Waals surface area contributed by atoms with E-state index in [1.807, 2.05) is 18.9 Å².